The summed E-state index contributed by atoms with van der Waals surface area (Å²) in [6.45, 7) is 8.66. The number of benzene rings is 1. The lowest BCUT2D eigenvalue weighted by Crippen LogP contribution is -2.47. The Morgan fingerprint density at radius 1 is 1.14 bits per heavy atom. The highest BCUT2D eigenvalue weighted by molar-refractivity contribution is 5.49. The van der Waals surface area contributed by atoms with Crippen LogP contribution < -0.4 is 10.2 Å². The van der Waals surface area contributed by atoms with Crippen LogP contribution in [0.1, 0.15) is 24.1 Å². The molecule has 29 heavy (non-hydrogen) atoms. The summed E-state index contributed by atoms with van der Waals surface area (Å²) in [5, 5.41) is 3.44. The Kier molecular flexibility index (Phi) is 6.75. The highest BCUT2D eigenvalue weighted by Crippen LogP contribution is 2.17. The zero-order chi connectivity index (χ0) is 19.9. The Morgan fingerprint density at radius 2 is 1.97 bits per heavy atom. The van der Waals surface area contributed by atoms with E-state index in [1.54, 1.807) is 0 Å². The molecule has 6 heteroatoms. The van der Waals surface area contributed by atoms with Gasteiger partial charge in [0.05, 0.1) is 6.10 Å². The SMILES string of the molecule is Cc1cc(NCC2CCCO2)nc(N2CCN(C/C=C/c3ccccc3)CC2)n1. The second-order valence-corrected chi connectivity index (χ2v) is 7.81. The van der Waals surface area contributed by atoms with Crippen molar-refractivity contribution in [3.63, 3.8) is 0 Å². The van der Waals surface area contributed by atoms with Crippen LogP contribution in [0.25, 0.3) is 6.08 Å². The molecule has 2 saturated heterocycles. The average Bonchev–Trinajstić information content (AvgIpc) is 3.27. The van der Waals surface area contributed by atoms with Gasteiger partial charge >= 0.3 is 0 Å². The van der Waals surface area contributed by atoms with E-state index >= 15 is 0 Å². The van der Waals surface area contributed by atoms with E-state index in [9.17, 15) is 0 Å². The van der Waals surface area contributed by atoms with E-state index in [2.05, 4.69) is 56.5 Å². The first-order chi connectivity index (χ1) is 14.3. The van der Waals surface area contributed by atoms with Crippen LogP contribution in [0, 0.1) is 6.92 Å². The predicted octanol–water partition coefficient (Wildman–Crippen LogP) is 3.21. The molecular formula is C23H31N5O. The van der Waals surface area contributed by atoms with Crippen LogP contribution in [-0.4, -0.2) is 66.8 Å². The second kappa shape index (κ2) is 9.85. The molecule has 1 N–H and O–H groups in total. The van der Waals surface area contributed by atoms with E-state index in [1.165, 1.54) is 5.56 Å². The van der Waals surface area contributed by atoms with Gasteiger partial charge in [-0.2, -0.15) is 4.98 Å². The van der Waals surface area contributed by atoms with Gasteiger partial charge in [0, 0.05) is 57.6 Å². The van der Waals surface area contributed by atoms with E-state index in [0.717, 1.165) is 76.2 Å². The molecule has 2 aliphatic rings. The van der Waals surface area contributed by atoms with Crippen molar-refractivity contribution in [1.29, 1.82) is 0 Å². The predicted molar refractivity (Wildman–Crippen MR) is 118 cm³/mol. The number of aromatic nitrogens is 2. The molecule has 1 atom stereocenters. The summed E-state index contributed by atoms with van der Waals surface area (Å²) in [6.07, 6.45) is 7.04. The lowest BCUT2D eigenvalue weighted by Gasteiger charge is -2.34. The standard InChI is InChI=1S/C23H31N5O/c1-19-17-22(24-18-21-10-6-16-29-21)26-23(25-19)28-14-12-27(13-15-28)11-5-9-20-7-3-2-4-8-20/h2-5,7-9,17,21H,6,10-16,18H2,1H3,(H,24,25,26)/b9-5+. The summed E-state index contributed by atoms with van der Waals surface area (Å²) in [4.78, 5) is 14.2. The molecule has 6 nitrogen and oxygen atoms in total. The van der Waals surface area contributed by atoms with Crippen molar-refractivity contribution in [2.24, 2.45) is 0 Å². The number of hydrogen-bond acceptors (Lipinski definition) is 6. The quantitative estimate of drug-likeness (QED) is 0.780. The number of ether oxygens (including phenoxy) is 1. The number of nitrogens with zero attached hydrogens (tertiary/aromatic N) is 4. The lowest BCUT2D eigenvalue weighted by atomic mass is 10.2. The summed E-state index contributed by atoms with van der Waals surface area (Å²) in [5.41, 5.74) is 2.25. The fraction of sp³-hybridized carbons (Fsp3) is 0.478. The maximum absolute atomic E-state index is 5.70. The van der Waals surface area contributed by atoms with Gasteiger partial charge < -0.3 is 15.0 Å². The lowest BCUT2D eigenvalue weighted by molar-refractivity contribution is 0.120. The third kappa shape index (κ3) is 5.78. The fourth-order valence-electron chi connectivity index (χ4n) is 3.84. The molecule has 0 aliphatic carbocycles. The maximum atomic E-state index is 5.70. The van der Waals surface area contributed by atoms with Crippen LogP contribution in [0.4, 0.5) is 11.8 Å². The van der Waals surface area contributed by atoms with E-state index in [-0.39, 0.29) is 0 Å². The number of aryl methyl sites for hydroxylation is 1. The molecule has 3 heterocycles. The summed E-state index contributed by atoms with van der Waals surface area (Å²) in [7, 11) is 0. The van der Waals surface area contributed by atoms with Gasteiger partial charge in [0.15, 0.2) is 0 Å². The number of anilines is 2. The molecule has 2 fully saturated rings. The Bertz CT molecular complexity index is 796. The Balaban J connectivity index is 1.28. The van der Waals surface area contributed by atoms with Crippen LogP contribution in [0.3, 0.4) is 0 Å². The van der Waals surface area contributed by atoms with E-state index in [4.69, 9.17) is 9.72 Å². The minimum atomic E-state index is 0.307. The smallest absolute Gasteiger partial charge is 0.227 e. The molecule has 0 bridgehead atoms. The molecule has 0 radical (unpaired) electrons. The molecule has 1 aromatic heterocycles. The Labute approximate surface area is 173 Å². The van der Waals surface area contributed by atoms with Gasteiger partial charge in [-0.05, 0) is 25.3 Å². The van der Waals surface area contributed by atoms with Crippen LogP contribution >= 0.6 is 0 Å². The second-order valence-electron chi connectivity index (χ2n) is 7.81. The van der Waals surface area contributed by atoms with Crippen LogP contribution in [-0.2, 0) is 4.74 Å². The molecule has 1 aromatic carbocycles. The van der Waals surface area contributed by atoms with Crippen molar-refractivity contribution in [2.75, 3.05) is 56.1 Å². The fourth-order valence-corrected chi connectivity index (χ4v) is 3.84. The number of hydrogen-bond donors (Lipinski definition) is 1. The normalized spacial score (nSPS) is 20.4. The largest absolute Gasteiger partial charge is 0.376 e. The third-order valence-electron chi connectivity index (χ3n) is 5.51. The van der Waals surface area contributed by atoms with Gasteiger partial charge in [-0.1, -0.05) is 42.5 Å². The summed E-state index contributed by atoms with van der Waals surface area (Å²) < 4.78 is 5.70. The molecule has 154 valence electrons. The first-order valence-corrected chi connectivity index (χ1v) is 10.7. The van der Waals surface area contributed by atoms with Crippen molar-refractivity contribution in [2.45, 2.75) is 25.9 Å². The van der Waals surface area contributed by atoms with E-state index < -0.39 is 0 Å². The van der Waals surface area contributed by atoms with Crippen LogP contribution in [0.2, 0.25) is 0 Å². The monoisotopic (exact) mass is 393 g/mol. The highest BCUT2D eigenvalue weighted by Gasteiger charge is 2.20. The first-order valence-electron chi connectivity index (χ1n) is 10.7. The summed E-state index contributed by atoms with van der Waals surface area (Å²) in [5.74, 6) is 1.73. The van der Waals surface area contributed by atoms with E-state index in [0.29, 0.717) is 6.10 Å². The number of nitrogens with one attached hydrogen (secondary N) is 1. The molecular weight excluding hydrogens is 362 g/mol. The molecule has 4 rings (SSSR count). The van der Waals surface area contributed by atoms with E-state index in [1.807, 2.05) is 19.1 Å². The van der Waals surface area contributed by atoms with Crippen LogP contribution in [0.5, 0.6) is 0 Å². The van der Waals surface area contributed by atoms with Crippen molar-refractivity contribution in [1.82, 2.24) is 14.9 Å². The average molecular weight is 394 g/mol. The van der Waals surface area contributed by atoms with Crippen molar-refractivity contribution in [3.05, 3.63) is 53.7 Å². The zero-order valence-electron chi connectivity index (χ0n) is 17.3. The summed E-state index contributed by atoms with van der Waals surface area (Å²) >= 11 is 0. The Morgan fingerprint density at radius 3 is 2.72 bits per heavy atom. The zero-order valence-corrected chi connectivity index (χ0v) is 17.3. The van der Waals surface area contributed by atoms with Gasteiger partial charge in [0.25, 0.3) is 0 Å². The molecule has 0 saturated carbocycles. The van der Waals surface area contributed by atoms with Crippen LogP contribution in [0.15, 0.2) is 42.5 Å². The Hall–Kier alpha value is -2.44. The van der Waals surface area contributed by atoms with Gasteiger partial charge in [0.1, 0.15) is 5.82 Å². The first kappa shape index (κ1) is 19.9. The van der Waals surface area contributed by atoms with Gasteiger partial charge in [-0.15, -0.1) is 0 Å². The number of rotatable bonds is 7. The van der Waals surface area contributed by atoms with Crippen molar-refractivity contribution < 1.29 is 4.74 Å². The van der Waals surface area contributed by atoms with Gasteiger partial charge in [-0.25, -0.2) is 4.98 Å². The third-order valence-corrected chi connectivity index (χ3v) is 5.51. The minimum Gasteiger partial charge on any atom is -0.376 e. The number of piperazine rings is 1. The molecule has 1 unspecified atom stereocenters. The maximum Gasteiger partial charge on any atom is 0.227 e. The van der Waals surface area contributed by atoms with Crippen molar-refractivity contribution in [3.8, 4) is 0 Å². The molecule has 2 aromatic rings. The van der Waals surface area contributed by atoms with Gasteiger partial charge in [0.2, 0.25) is 5.95 Å². The minimum absolute atomic E-state index is 0.307. The molecule has 0 amide bonds. The topological polar surface area (TPSA) is 53.5 Å². The molecule has 2 aliphatic heterocycles. The van der Waals surface area contributed by atoms with Gasteiger partial charge in [-0.3, -0.25) is 4.90 Å². The molecule has 0 spiro atoms. The van der Waals surface area contributed by atoms with Crippen molar-refractivity contribution >= 4 is 17.8 Å². The highest BCUT2D eigenvalue weighted by atomic mass is 16.5. The summed E-state index contributed by atoms with van der Waals surface area (Å²) in [6, 6.07) is 12.5.